The van der Waals surface area contributed by atoms with Gasteiger partial charge >= 0.3 is 0 Å². The van der Waals surface area contributed by atoms with Crippen LogP contribution in [0.15, 0.2) is 54.6 Å². The Morgan fingerprint density at radius 1 is 0.873 bits per heavy atom. The number of anilines is 1. The monoisotopic (exact) mass is 762 g/mol. The Morgan fingerprint density at radius 2 is 1.53 bits per heavy atom. The first kappa shape index (κ1) is 36.7. The second-order valence-electron chi connectivity index (χ2n) is 15.4. The van der Waals surface area contributed by atoms with E-state index in [0.29, 0.717) is 52.6 Å². The van der Waals surface area contributed by atoms with Gasteiger partial charge < -0.3 is 15.0 Å². The van der Waals surface area contributed by atoms with Gasteiger partial charge in [-0.1, -0.05) is 17.7 Å². The summed E-state index contributed by atoms with van der Waals surface area (Å²) < 4.78 is 6.35. The summed E-state index contributed by atoms with van der Waals surface area (Å²) in [5.41, 5.74) is 4.76. The summed E-state index contributed by atoms with van der Waals surface area (Å²) in [6, 6.07) is 16.4. The van der Waals surface area contributed by atoms with Gasteiger partial charge in [-0.2, -0.15) is 0 Å². The van der Waals surface area contributed by atoms with E-state index in [0.717, 1.165) is 78.8 Å². The fourth-order valence-corrected chi connectivity index (χ4v) is 9.17. The van der Waals surface area contributed by atoms with Crippen LogP contribution in [0.1, 0.15) is 106 Å². The van der Waals surface area contributed by atoms with Crippen LogP contribution < -0.4 is 20.3 Å². The maximum absolute atomic E-state index is 13.3. The van der Waals surface area contributed by atoms with E-state index in [4.69, 9.17) is 22.9 Å². The summed E-state index contributed by atoms with van der Waals surface area (Å²) >= 11 is 6.27. The van der Waals surface area contributed by atoms with Crippen LogP contribution in [0.2, 0.25) is 5.02 Å². The van der Waals surface area contributed by atoms with Crippen molar-refractivity contribution in [1.29, 1.82) is 0 Å². The molecule has 5 aliphatic rings. The smallest absolute Gasteiger partial charge is 0.262 e. The summed E-state index contributed by atoms with van der Waals surface area (Å²) in [5, 5.41) is 5.92. The topological polar surface area (TPSA) is 133 Å². The third-order valence-corrected chi connectivity index (χ3v) is 12.4. The van der Waals surface area contributed by atoms with Gasteiger partial charge in [-0.05, 0) is 117 Å². The molecule has 3 aromatic carbocycles. The minimum Gasteiger partial charge on any atom is -0.490 e. The van der Waals surface area contributed by atoms with E-state index in [2.05, 4.69) is 32.3 Å². The largest absolute Gasteiger partial charge is 0.490 e. The molecule has 8 rings (SSSR count). The Kier molecular flexibility index (Phi) is 10.1. The number of benzene rings is 3. The van der Waals surface area contributed by atoms with Gasteiger partial charge in [0.1, 0.15) is 11.8 Å². The second kappa shape index (κ2) is 15.1. The number of hydrogen-bond acceptors (Lipinski definition) is 8. The van der Waals surface area contributed by atoms with Crippen molar-refractivity contribution in [2.45, 2.75) is 108 Å². The van der Waals surface area contributed by atoms with Crippen LogP contribution in [0, 0.1) is 6.57 Å². The molecule has 3 aliphatic heterocycles. The third kappa shape index (κ3) is 7.31. The lowest BCUT2D eigenvalue weighted by Crippen LogP contribution is -2.54. The molecule has 13 heteroatoms. The minimum atomic E-state index is -0.967. The Hall–Kier alpha value is -5.25. The number of piperidine rings is 1. The maximum atomic E-state index is 13.3. The van der Waals surface area contributed by atoms with Gasteiger partial charge in [-0.15, -0.1) is 0 Å². The molecule has 0 aromatic heterocycles. The zero-order valence-electron chi connectivity index (χ0n) is 30.7. The highest BCUT2D eigenvalue weighted by Crippen LogP contribution is 2.37. The molecule has 5 amide bonds. The van der Waals surface area contributed by atoms with Gasteiger partial charge in [0, 0.05) is 61.0 Å². The van der Waals surface area contributed by atoms with Crippen molar-refractivity contribution in [1.82, 2.24) is 20.4 Å². The van der Waals surface area contributed by atoms with Crippen molar-refractivity contribution in [3.63, 3.8) is 0 Å². The summed E-state index contributed by atoms with van der Waals surface area (Å²) in [6.07, 6.45) is 7.67. The lowest BCUT2D eigenvalue weighted by Gasteiger charge is -2.36. The van der Waals surface area contributed by atoms with Crippen molar-refractivity contribution in [3.8, 4) is 5.75 Å². The van der Waals surface area contributed by atoms with Crippen molar-refractivity contribution in [3.05, 3.63) is 98.9 Å². The van der Waals surface area contributed by atoms with Gasteiger partial charge in [-0.25, -0.2) is 4.85 Å². The van der Waals surface area contributed by atoms with E-state index < -0.39 is 29.7 Å². The van der Waals surface area contributed by atoms with Crippen molar-refractivity contribution in [2.75, 3.05) is 11.9 Å². The Labute approximate surface area is 324 Å². The number of carbonyl (C=O) groups excluding carboxylic acids is 5. The molecule has 1 atom stereocenters. The van der Waals surface area contributed by atoms with Gasteiger partial charge in [-0.3, -0.25) is 39.1 Å². The summed E-state index contributed by atoms with van der Waals surface area (Å²) in [7, 11) is 2.05. The summed E-state index contributed by atoms with van der Waals surface area (Å²) in [5.74, 6) is -1.28. The average Bonchev–Trinajstić information content (AvgIpc) is 3.71. The second-order valence-corrected chi connectivity index (χ2v) is 15.8. The molecule has 3 aromatic rings. The van der Waals surface area contributed by atoms with Crippen LogP contribution in [0.3, 0.4) is 0 Å². The van der Waals surface area contributed by atoms with E-state index in [-0.39, 0.29) is 30.9 Å². The number of ether oxygens (including phenoxy) is 1. The van der Waals surface area contributed by atoms with Crippen LogP contribution in [-0.4, -0.2) is 76.7 Å². The molecule has 1 saturated heterocycles. The van der Waals surface area contributed by atoms with Crippen LogP contribution in [0.25, 0.3) is 4.85 Å². The lowest BCUT2D eigenvalue weighted by atomic mass is 9.90. The molecule has 3 fully saturated rings. The zero-order valence-corrected chi connectivity index (χ0v) is 31.4. The Balaban J connectivity index is 0.784. The minimum absolute atomic E-state index is 0.0770. The standard InChI is InChI=1S/C42H43ClN6O6/c1-44-36-16-11-30(21-35(36)43)47(2)28-7-5-27(6-8-28)45-39(51)24-3-12-31(13-4-24)55-32-14-9-29(10-15-32)48-22-25-19-33-34(20-26(25)23-48)42(54)49(41(33)53)37-17-18-38(50)46-40(37)52/h3-4,11-13,16,19-21,27-29,32,37H,5-10,14-15,17-18,22-23H2,2H3,(H,45,51)(H,46,50,52)/t27?,28?,29?,32?,37-/m1/s1. The number of imide groups is 2. The van der Waals surface area contributed by atoms with E-state index >= 15 is 0 Å². The Morgan fingerprint density at radius 3 is 2.13 bits per heavy atom. The number of amides is 5. The predicted octanol–water partition coefficient (Wildman–Crippen LogP) is 6.18. The molecule has 0 spiro atoms. The number of fused-ring (bicyclic) bond motifs is 2. The van der Waals surface area contributed by atoms with Crippen LogP contribution in [-0.2, 0) is 22.7 Å². The first-order valence-corrected chi connectivity index (χ1v) is 19.5. The lowest BCUT2D eigenvalue weighted by molar-refractivity contribution is -0.136. The van der Waals surface area contributed by atoms with Crippen LogP contribution in [0.5, 0.6) is 5.75 Å². The number of nitrogens with one attached hydrogen (secondary N) is 2. The molecule has 2 aliphatic carbocycles. The molecule has 2 N–H and O–H groups in total. The van der Waals surface area contributed by atoms with Gasteiger partial charge in [0.2, 0.25) is 17.5 Å². The average molecular weight is 763 g/mol. The van der Waals surface area contributed by atoms with Crippen molar-refractivity contribution >= 4 is 52.5 Å². The summed E-state index contributed by atoms with van der Waals surface area (Å²) in [4.78, 5) is 72.9. The Bertz CT molecular complexity index is 2050. The summed E-state index contributed by atoms with van der Waals surface area (Å²) in [6.45, 7) is 8.60. The van der Waals surface area contributed by atoms with Gasteiger partial charge in [0.05, 0.1) is 23.8 Å². The molecule has 0 bridgehead atoms. The molecule has 2 saturated carbocycles. The molecular weight excluding hydrogens is 720 g/mol. The molecular formula is C42H43ClN6O6. The molecule has 3 heterocycles. The van der Waals surface area contributed by atoms with E-state index in [9.17, 15) is 24.0 Å². The molecule has 0 unspecified atom stereocenters. The number of hydrogen-bond donors (Lipinski definition) is 2. The number of halogens is 1. The number of rotatable bonds is 8. The highest BCUT2D eigenvalue weighted by Gasteiger charge is 2.45. The maximum Gasteiger partial charge on any atom is 0.262 e. The molecule has 12 nitrogen and oxygen atoms in total. The molecule has 55 heavy (non-hydrogen) atoms. The predicted molar refractivity (Wildman–Crippen MR) is 205 cm³/mol. The first-order valence-electron chi connectivity index (χ1n) is 19.1. The fourth-order valence-electron chi connectivity index (χ4n) is 8.95. The molecule has 0 radical (unpaired) electrons. The number of carbonyl (C=O) groups is 5. The SMILES string of the molecule is [C-]#[N+]c1ccc(N(C)C2CCC(NC(=O)c3ccc(OC4CCC(N5Cc6cc7c(cc6C5)C(=O)N([C@@H]5CCC(=O)NC5=O)C7=O)CC4)cc3)CC2)cc1Cl. The normalized spacial score (nSPS) is 25.2. The number of nitrogens with zero attached hydrogens (tertiary/aromatic N) is 4. The van der Waals surface area contributed by atoms with Crippen LogP contribution >= 0.6 is 11.6 Å². The highest BCUT2D eigenvalue weighted by atomic mass is 35.5. The van der Waals surface area contributed by atoms with E-state index in [1.807, 2.05) is 48.5 Å². The van der Waals surface area contributed by atoms with Crippen molar-refractivity contribution < 1.29 is 28.7 Å². The quantitative estimate of drug-likeness (QED) is 0.206. The van der Waals surface area contributed by atoms with E-state index in [1.54, 1.807) is 6.07 Å². The van der Waals surface area contributed by atoms with Crippen molar-refractivity contribution in [2.24, 2.45) is 0 Å². The highest BCUT2D eigenvalue weighted by molar-refractivity contribution is 6.33. The van der Waals surface area contributed by atoms with Gasteiger partial charge in [0.25, 0.3) is 17.7 Å². The van der Waals surface area contributed by atoms with Gasteiger partial charge in [0.15, 0.2) is 0 Å². The zero-order chi connectivity index (χ0) is 38.4. The van der Waals surface area contributed by atoms with E-state index in [1.165, 1.54) is 0 Å². The fraction of sp³-hybridized carbons (Fsp3) is 0.429. The van der Waals surface area contributed by atoms with Crippen LogP contribution in [0.4, 0.5) is 11.4 Å². The third-order valence-electron chi connectivity index (χ3n) is 12.1. The first-order chi connectivity index (χ1) is 26.6. The molecule has 284 valence electrons.